The summed E-state index contributed by atoms with van der Waals surface area (Å²) in [5, 5.41) is 2.29. The maximum absolute atomic E-state index is 11.2. The smallest absolute Gasteiger partial charge is 0.308 e. The van der Waals surface area contributed by atoms with E-state index in [0.29, 0.717) is 0 Å². The van der Waals surface area contributed by atoms with Crippen molar-refractivity contribution in [3.8, 4) is 0 Å². The Morgan fingerprint density at radius 3 is 2.00 bits per heavy atom. The van der Waals surface area contributed by atoms with Crippen molar-refractivity contribution in [1.82, 2.24) is 10.2 Å². The highest BCUT2D eigenvalue weighted by atomic mass is 16.2. The minimum atomic E-state index is -0.703. The first-order valence-electron chi connectivity index (χ1n) is 4.02. The molecular formula is C8H14N2O2. The normalized spacial score (nSPS) is 21.9. The quantitative estimate of drug-likeness (QED) is 0.590. The third-order valence-corrected chi connectivity index (χ3v) is 2.11. The average molecular weight is 170 g/mol. The van der Waals surface area contributed by atoms with Crippen molar-refractivity contribution in [2.24, 2.45) is 0 Å². The first-order chi connectivity index (χ1) is 5.37. The molecular weight excluding hydrogens is 156 g/mol. The van der Waals surface area contributed by atoms with Crippen LogP contribution in [0, 0.1) is 0 Å². The van der Waals surface area contributed by atoms with Gasteiger partial charge in [0.25, 0.3) is 5.91 Å². The van der Waals surface area contributed by atoms with Gasteiger partial charge in [-0.3, -0.25) is 10.1 Å². The second-order valence-corrected chi connectivity index (χ2v) is 3.78. The lowest BCUT2D eigenvalue weighted by Gasteiger charge is -2.31. The second-order valence-electron chi connectivity index (χ2n) is 3.78. The van der Waals surface area contributed by atoms with Gasteiger partial charge in [0.2, 0.25) is 0 Å². The van der Waals surface area contributed by atoms with E-state index >= 15 is 0 Å². The summed E-state index contributed by atoms with van der Waals surface area (Å²) in [6, 6.07) is -0.244. The van der Waals surface area contributed by atoms with E-state index in [1.165, 1.54) is 0 Å². The fourth-order valence-corrected chi connectivity index (χ4v) is 1.55. The number of urea groups is 1. The molecule has 0 aromatic heterocycles. The van der Waals surface area contributed by atoms with Gasteiger partial charge in [-0.15, -0.1) is 0 Å². The molecule has 12 heavy (non-hydrogen) atoms. The average Bonchev–Trinajstić information content (AvgIpc) is 2.02. The molecule has 1 fully saturated rings. The molecule has 1 aliphatic rings. The molecule has 1 rings (SSSR count). The summed E-state index contributed by atoms with van der Waals surface area (Å²) in [4.78, 5) is 24.0. The number of nitrogens with one attached hydrogen (secondary N) is 1. The van der Waals surface area contributed by atoms with Crippen LogP contribution in [0.1, 0.15) is 27.7 Å². The van der Waals surface area contributed by atoms with Crippen molar-refractivity contribution in [2.45, 2.75) is 39.3 Å². The number of hydrogen-bond acceptors (Lipinski definition) is 2. The number of hydrogen-bond donors (Lipinski definition) is 1. The zero-order chi connectivity index (χ0) is 9.52. The molecule has 0 atom stereocenters. The molecule has 0 bridgehead atoms. The van der Waals surface area contributed by atoms with Crippen LogP contribution in [0.15, 0.2) is 0 Å². The summed E-state index contributed by atoms with van der Waals surface area (Å²) >= 11 is 0. The van der Waals surface area contributed by atoms with E-state index in [4.69, 9.17) is 0 Å². The molecule has 0 saturated carbocycles. The zero-order valence-corrected chi connectivity index (χ0v) is 7.84. The van der Waals surface area contributed by atoms with Crippen LogP contribution in [-0.4, -0.2) is 28.4 Å². The van der Waals surface area contributed by atoms with Gasteiger partial charge in [-0.25, -0.2) is 4.79 Å². The van der Waals surface area contributed by atoms with Crippen LogP contribution in [0.5, 0.6) is 0 Å². The minimum absolute atomic E-state index is 0.0476. The van der Waals surface area contributed by atoms with Crippen LogP contribution in [0.3, 0.4) is 0 Å². The fraction of sp³-hybridized carbons (Fsp3) is 0.750. The number of imide groups is 1. The lowest BCUT2D eigenvalue weighted by molar-refractivity contribution is -0.125. The van der Waals surface area contributed by atoms with E-state index in [0.717, 1.165) is 0 Å². The predicted octanol–water partition coefficient (Wildman–Crippen LogP) is 0.725. The van der Waals surface area contributed by atoms with Crippen molar-refractivity contribution in [3.05, 3.63) is 0 Å². The molecule has 1 saturated heterocycles. The molecule has 0 unspecified atom stereocenters. The predicted molar refractivity (Wildman–Crippen MR) is 44.6 cm³/mol. The Morgan fingerprint density at radius 2 is 1.83 bits per heavy atom. The van der Waals surface area contributed by atoms with Crippen LogP contribution in [0.25, 0.3) is 0 Å². The maximum atomic E-state index is 11.2. The molecule has 0 spiro atoms. The zero-order valence-electron chi connectivity index (χ0n) is 7.84. The maximum Gasteiger partial charge on any atom is 0.325 e. The molecule has 1 aliphatic heterocycles. The van der Waals surface area contributed by atoms with Crippen molar-refractivity contribution < 1.29 is 9.59 Å². The Morgan fingerprint density at radius 1 is 1.33 bits per heavy atom. The SMILES string of the molecule is CC(C)N1C(=O)NC(=O)C1(C)C. The number of carbonyl (C=O) groups is 2. The number of nitrogens with zero attached hydrogens (tertiary/aromatic N) is 1. The van der Waals surface area contributed by atoms with E-state index < -0.39 is 5.54 Å². The van der Waals surface area contributed by atoms with Crippen LogP contribution < -0.4 is 5.32 Å². The van der Waals surface area contributed by atoms with Gasteiger partial charge in [0, 0.05) is 6.04 Å². The van der Waals surface area contributed by atoms with Gasteiger partial charge in [0.15, 0.2) is 0 Å². The van der Waals surface area contributed by atoms with Gasteiger partial charge < -0.3 is 4.90 Å². The Balaban J connectivity index is 2.99. The van der Waals surface area contributed by atoms with E-state index in [1.807, 2.05) is 13.8 Å². The molecule has 0 aliphatic carbocycles. The molecule has 1 N–H and O–H groups in total. The van der Waals surface area contributed by atoms with Gasteiger partial charge in [0.05, 0.1) is 0 Å². The van der Waals surface area contributed by atoms with Crippen molar-refractivity contribution in [3.63, 3.8) is 0 Å². The highest BCUT2D eigenvalue weighted by Gasteiger charge is 2.46. The first kappa shape index (κ1) is 9.03. The Labute approximate surface area is 71.9 Å². The summed E-state index contributed by atoms with van der Waals surface area (Å²) in [5.74, 6) is -0.221. The summed E-state index contributed by atoms with van der Waals surface area (Å²) in [7, 11) is 0. The number of amides is 3. The molecule has 0 aromatic carbocycles. The Bertz CT molecular complexity index is 233. The number of rotatable bonds is 1. The van der Waals surface area contributed by atoms with E-state index in [9.17, 15) is 9.59 Å². The summed E-state index contributed by atoms with van der Waals surface area (Å²) < 4.78 is 0. The third kappa shape index (κ3) is 1.07. The standard InChI is InChI=1S/C8H14N2O2/c1-5(2)10-7(12)9-6(11)8(10,3)4/h5H,1-4H3,(H,9,11,12). The van der Waals surface area contributed by atoms with Crippen LogP contribution >= 0.6 is 0 Å². The summed E-state index contributed by atoms with van der Waals surface area (Å²) in [6.07, 6.45) is 0. The molecule has 1 heterocycles. The third-order valence-electron chi connectivity index (χ3n) is 2.11. The summed E-state index contributed by atoms with van der Waals surface area (Å²) in [5.41, 5.74) is -0.703. The molecule has 68 valence electrons. The highest BCUT2D eigenvalue weighted by molar-refractivity contribution is 6.06. The van der Waals surface area contributed by atoms with E-state index in [1.54, 1.807) is 18.7 Å². The lowest BCUT2D eigenvalue weighted by Crippen LogP contribution is -2.47. The van der Waals surface area contributed by atoms with Crippen LogP contribution in [0.4, 0.5) is 4.79 Å². The van der Waals surface area contributed by atoms with E-state index in [-0.39, 0.29) is 18.0 Å². The topological polar surface area (TPSA) is 49.4 Å². The Kier molecular flexibility index (Phi) is 1.86. The van der Waals surface area contributed by atoms with Gasteiger partial charge in [-0.1, -0.05) is 0 Å². The summed E-state index contributed by atoms with van der Waals surface area (Å²) in [6.45, 7) is 7.26. The van der Waals surface area contributed by atoms with Crippen molar-refractivity contribution in [2.75, 3.05) is 0 Å². The molecule has 4 nitrogen and oxygen atoms in total. The van der Waals surface area contributed by atoms with Gasteiger partial charge in [-0.2, -0.15) is 0 Å². The van der Waals surface area contributed by atoms with Gasteiger partial charge >= 0.3 is 6.03 Å². The molecule has 0 radical (unpaired) electrons. The van der Waals surface area contributed by atoms with Crippen molar-refractivity contribution in [1.29, 1.82) is 0 Å². The largest absolute Gasteiger partial charge is 0.325 e. The van der Waals surface area contributed by atoms with E-state index in [2.05, 4.69) is 5.32 Å². The lowest BCUT2D eigenvalue weighted by atomic mass is 10.0. The van der Waals surface area contributed by atoms with Crippen LogP contribution in [0.2, 0.25) is 0 Å². The molecule has 0 aromatic rings. The molecule has 4 heteroatoms. The fourth-order valence-electron chi connectivity index (χ4n) is 1.55. The number of carbonyl (C=O) groups excluding carboxylic acids is 2. The van der Waals surface area contributed by atoms with Gasteiger partial charge in [-0.05, 0) is 27.7 Å². The van der Waals surface area contributed by atoms with Crippen molar-refractivity contribution >= 4 is 11.9 Å². The van der Waals surface area contributed by atoms with Crippen LogP contribution in [-0.2, 0) is 4.79 Å². The molecule has 3 amide bonds. The Hall–Kier alpha value is -1.06. The minimum Gasteiger partial charge on any atom is -0.308 e. The van der Waals surface area contributed by atoms with Gasteiger partial charge in [0.1, 0.15) is 5.54 Å². The monoisotopic (exact) mass is 170 g/mol. The highest BCUT2D eigenvalue weighted by Crippen LogP contribution is 2.22. The second kappa shape index (κ2) is 2.47. The first-order valence-corrected chi connectivity index (χ1v) is 4.02.